The SMILES string of the molecule is Fc1c(Cl)nc(CSc2ccccc2)nc1Cl. The summed E-state index contributed by atoms with van der Waals surface area (Å²) in [6.07, 6.45) is 0. The average Bonchev–Trinajstić information content (AvgIpc) is 2.34. The summed E-state index contributed by atoms with van der Waals surface area (Å²) >= 11 is 12.7. The van der Waals surface area contributed by atoms with Crippen LogP contribution in [0.1, 0.15) is 5.82 Å². The number of rotatable bonds is 3. The number of benzene rings is 1. The fourth-order valence-electron chi connectivity index (χ4n) is 1.16. The predicted octanol–water partition coefficient (Wildman–Crippen LogP) is 4.21. The molecule has 0 aliphatic rings. The molecule has 17 heavy (non-hydrogen) atoms. The van der Waals surface area contributed by atoms with E-state index in [0.717, 1.165) is 4.90 Å². The zero-order chi connectivity index (χ0) is 12.3. The fourth-order valence-corrected chi connectivity index (χ4v) is 2.36. The number of aromatic nitrogens is 2. The molecular weight excluding hydrogens is 282 g/mol. The van der Waals surface area contributed by atoms with Gasteiger partial charge in [-0.15, -0.1) is 11.8 Å². The maximum Gasteiger partial charge on any atom is 0.197 e. The van der Waals surface area contributed by atoms with E-state index in [-0.39, 0.29) is 10.3 Å². The minimum atomic E-state index is -0.776. The highest BCUT2D eigenvalue weighted by Gasteiger charge is 2.10. The van der Waals surface area contributed by atoms with Gasteiger partial charge in [0.05, 0.1) is 5.75 Å². The molecule has 0 saturated heterocycles. The molecule has 1 aromatic heterocycles. The Balaban J connectivity index is 2.10. The monoisotopic (exact) mass is 288 g/mol. The summed E-state index contributed by atoms with van der Waals surface area (Å²) < 4.78 is 13.1. The van der Waals surface area contributed by atoms with Crippen molar-refractivity contribution in [2.24, 2.45) is 0 Å². The first-order chi connectivity index (χ1) is 8.16. The third-order valence-electron chi connectivity index (χ3n) is 1.93. The van der Waals surface area contributed by atoms with Gasteiger partial charge in [0, 0.05) is 4.90 Å². The van der Waals surface area contributed by atoms with E-state index in [2.05, 4.69) is 9.97 Å². The van der Waals surface area contributed by atoms with Gasteiger partial charge in [0.1, 0.15) is 5.82 Å². The Kier molecular flexibility index (Phi) is 4.20. The smallest absolute Gasteiger partial charge is 0.197 e. The maximum absolute atomic E-state index is 13.1. The summed E-state index contributed by atoms with van der Waals surface area (Å²) in [6.45, 7) is 0. The lowest BCUT2D eigenvalue weighted by Crippen LogP contribution is -1.97. The molecule has 1 heterocycles. The van der Waals surface area contributed by atoms with Gasteiger partial charge in [-0.1, -0.05) is 41.4 Å². The molecule has 0 aliphatic carbocycles. The lowest BCUT2D eigenvalue weighted by atomic mass is 10.4. The van der Waals surface area contributed by atoms with Crippen LogP contribution in [0.4, 0.5) is 4.39 Å². The lowest BCUT2D eigenvalue weighted by Gasteiger charge is -2.02. The Hall–Kier alpha value is -0.840. The first kappa shape index (κ1) is 12.6. The minimum absolute atomic E-state index is 0.242. The highest BCUT2D eigenvalue weighted by molar-refractivity contribution is 7.98. The van der Waals surface area contributed by atoms with Crippen molar-refractivity contribution in [1.29, 1.82) is 0 Å². The van der Waals surface area contributed by atoms with Crippen LogP contribution in [0.3, 0.4) is 0 Å². The Bertz CT molecular complexity index is 499. The molecular formula is C11H7Cl2FN2S. The van der Waals surface area contributed by atoms with E-state index >= 15 is 0 Å². The summed E-state index contributed by atoms with van der Waals surface area (Å²) in [5.74, 6) is 0.126. The van der Waals surface area contributed by atoms with E-state index in [1.165, 1.54) is 11.8 Å². The van der Waals surface area contributed by atoms with Gasteiger partial charge in [0.25, 0.3) is 0 Å². The van der Waals surface area contributed by atoms with Gasteiger partial charge in [0.15, 0.2) is 16.1 Å². The van der Waals surface area contributed by atoms with Crippen LogP contribution in [-0.4, -0.2) is 9.97 Å². The van der Waals surface area contributed by atoms with E-state index < -0.39 is 5.82 Å². The van der Waals surface area contributed by atoms with E-state index in [1.54, 1.807) is 0 Å². The van der Waals surface area contributed by atoms with Crippen molar-refractivity contribution >= 4 is 35.0 Å². The van der Waals surface area contributed by atoms with Crippen LogP contribution in [0.5, 0.6) is 0 Å². The van der Waals surface area contributed by atoms with Crippen LogP contribution in [0.2, 0.25) is 10.3 Å². The Morgan fingerprint density at radius 3 is 2.24 bits per heavy atom. The zero-order valence-corrected chi connectivity index (χ0v) is 10.9. The van der Waals surface area contributed by atoms with Gasteiger partial charge in [0.2, 0.25) is 0 Å². The molecule has 0 atom stereocenters. The lowest BCUT2D eigenvalue weighted by molar-refractivity contribution is 0.612. The summed E-state index contributed by atoms with van der Waals surface area (Å²) in [7, 11) is 0. The van der Waals surface area contributed by atoms with E-state index in [0.29, 0.717) is 11.6 Å². The quantitative estimate of drug-likeness (QED) is 0.625. The van der Waals surface area contributed by atoms with Crippen LogP contribution in [-0.2, 0) is 5.75 Å². The molecule has 88 valence electrons. The zero-order valence-electron chi connectivity index (χ0n) is 8.53. The van der Waals surface area contributed by atoms with Crippen LogP contribution in [0, 0.1) is 5.82 Å². The van der Waals surface area contributed by atoms with Crippen molar-refractivity contribution in [3.63, 3.8) is 0 Å². The van der Waals surface area contributed by atoms with Crippen LogP contribution >= 0.6 is 35.0 Å². The largest absolute Gasteiger partial charge is 0.217 e. The van der Waals surface area contributed by atoms with Crippen molar-refractivity contribution in [3.8, 4) is 0 Å². The van der Waals surface area contributed by atoms with Crippen molar-refractivity contribution in [2.75, 3.05) is 0 Å². The molecule has 0 amide bonds. The second-order valence-electron chi connectivity index (χ2n) is 3.14. The van der Waals surface area contributed by atoms with E-state index in [9.17, 15) is 4.39 Å². The Labute approximate surface area is 112 Å². The van der Waals surface area contributed by atoms with Gasteiger partial charge in [-0.25, -0.2) is 14.4 Å². The third-order valence-corrected chi connectivity index (χ3v) is 3.44. The first-order valence-electron chi connectivity index (χ1n) is 4.72. The van der Waals surface area contributed by atoms with Gasteiger partial charge in [-0.05, 0) is 12.1 Å². The molecule has 0 saturated carbocycles. The van der Waals surface area contributed by atoms with Crippen LogP contribution < -0.4 is 0 Å². The van der Waals surface area contributed by atoms with Crippen molar-refractivity contribution in [3.05, 3.63) is 52.3 Å². The Morgan fingerprint density at radius 2 is 1.65 bits per heavy atom. The molecule has 0 bridgehead atoms. The van der Waals surface area contributed by atoms with Crippen LogP contribution in [0.25, 0.3) is 0 Å². The molecule has 0 fully saturated rings. The normalized spacial score (nSPS) is 10.5. The molecule has 0 unspecified atom stereocenters. The molecule has 2 aromatic rings. The summed E-state index contributed by atoms with van der Waals surface area (Å²) in [5.41, 5.74) is 0. The minimum Gasteiger partial charge on any atom is -0.217 e. The summed E-state index contributed by atoms with van der Waals surface area (Å²) in [5, 5.41) is -0.484. The molecule has 0 spiro atoms. The van der Waals surface area contributed by atoms with Crippen molar-refractivity contribution in [1.82, 2.24) is 9.97 Å². The number of nitrogens with zero attached hydrogens (tertiary/aromatic N) is 2. The van der Waals surface area contributed by atoms with Crippen molar-refractivity contribution < 1.29 is 4.39 Å². The Morgan fingerprint density at radius 1 is 1.06 bits per heavy atom. The second kappa shape index (κ2) is 5.67. The third kappa shape index (κ3) is 3.31. The number of halogens is 3. The number of thioether (sulfide) groups is 1. The van der Waals surface area contributed by atoms with Gasteiger partial charge in [-0.3, -0.25) is 0 Å². The second-order valence-corrected chi connectivity index (χ2v) is 4.90. The van der Waals surface area contributed by atoms with Gasteiger partial charge >= 0.3 is 0 Å². The molecule has 6 heteroatoms. The molecule has 2 nitrogen and oxygen atoms in total. The van der Waals surface area contributed by atoms with Gasteiger partial charge < -0.3 is 0 Å². The van der Waals surface area contributed by atoms with Crippen LogP contribution in [0.15, 0.2) is 35.2 Å². The number of hydrogen-bond acceptors (Lipinski definition) is 3. The van der Waals surface area contributed by atoms with E-state index in [1.807, 2.05) is 30.3 Å². The predicted molar refractivity (Wildman–Crippen MR) is 68.0 cm³/mol. The molecule has 0 N–H and O–H groups in total. The van der Waals surface area contributed by atoms with Crippen molar-refractivity contribution in [2.45, 2.75) is 10.6 Å². The maximum atomic E-state index is 13.1. The highest BCUT2D eigenvalue weighted by Crippen LogP contribution is 2.24. The average molecular weight is 289 g/mol. The molecule has 0 aliphatic heterocycles. The molecule has 1 aromatic carbocycles. The van der Waals surface area contributed by atoms with E-state index in [4.69, 9.17) is 23.2 Å². The molecule has 0 radical (unpaired) electrons. The summed E-state index contributed by atoms with van der Waals surface area (Å²) in [6, 6.07) is 9.75. The molecule has 2 rings (SSSR count). The fraction of sp³-hybridized carbons (Fsp3) is 0.0909. The topological polar surface area (TPSA) is 25.8 Å². The number of hydrogen-bond donors (Lipinski definition) is 0. The highest BCUT2D eigenvalue weighted by atomic mass is 35.5. The van der Waals surface area contributed by atoms with Gasteiger partial charge in [-0.2, -0.15) is 0 Å². The summed E-state index contributed by atoms with van der Waals surface area (Å²) in [4.78, 5) is 8.72. The standard InChI is InChI=1S/C11H7Cl2FN2S/c12-10-9(14)11(13)16-8(15-10)6-17-7-4-2-1-3-5-7/h1-5H,6H2. The first-order valence-corrected chi connectivity index (χ1v) is 6.46.